The number of carbonyl (C=O) groups excluding carboxylic acids is 1. The Labute approximate surface area is 115 Å². The third-order valence-electron chi connectivity index (χ3n) is 2.39. The number of halogens is 1. The topological polar surface area (TPSA) is 26.3 Å². The van der Waals surface area contributed by atoms with Gasteiger partial charge in [-0.1, -0.05) is 30.7 Å². The molecule has 0 atom stereocenters. The Morgan fingerprint density at radius 3 is 2.72 bits per heavy atom. The van der Waals surface area contributed by atoms with Gasteiger partial charge in [0, 0.05) is 0 Å². The van der Waals surface area contributed by atoms with Crippen LogP contribution in [-0.2, 0) is 0 Å². The molecule has 0 amide bonds. The van der Waals surface area contributed by atoms with Gasteiger partial charge in [0.05, 0.1) is 21.4 Å². The van der Waals surface area contributed by atoms with E-state index in [0.29, 0.717) is 27.1 Å². The van der Waals surface area contributed by atoms with E-state index in [-0.39, 0.29) is 5.78 Å². The smallest absolute Gasteiger partial charge is 0.206 e. The van der Waals surface area contributed by atoms with Crippen LogP contribution in [0.2, 0.25) is 4.34 Å². The second kappa shape index (κ2) is 6.03. The van der Waals surface area contributed by atoms with Gasteiger partial charge in [0.15, 0.2) is 0 Å². The highest BCUT2D eigenvalue weighted by Crippen LogP contribution is 2.27. The molecule has 18 heavy (non-hydrogen) atoms. The first-order valence-corrected chi connectivity index (χ1v) is 6.93. The summed E-state index contributed by atoms with van der Waals surface area (Å²) in [6.07, 6.45) is 0.910. The maximum Gasteiger partial charge on any atom is 0.206 e. The van der Waals surface area contributed by atoms with Crippen LogP contribution < -0.4 is 4.74 Å². The number of thiophene rings is 1. The standard InChI is InChI=1S/C14H13ClO2S/c1-2-9-17-11-6-4-3-5-10(11)14(16)12-7-8-13(15)18-12/h3-8H,2,9H2,1H3. The van der Waals surface area contributed by atoms with Crippen molar-refractivity contribution in [3.8, 4) is 5.75 Å². The van der Waals surface area contributed by atoms with Gasteiger partial charge in [0.2, 0.25) is 5.78 Å². The highest BCUT2D eigenvalue weighted by molar-refractivity contribution is 7.18. The lowest BCUT2D eigenvalue weighted by atomic mass is 10.1. The van der Waals surface area contributed by atoms with Gasteiger partial charge >= 0.3 is 0 Å². The summed E-state index contributed by atoms with van der Waals surface area (Å²) in [7, 11) is 0. The van der Waals surface area contributed by atoms with E-state index in [1.807, 2.05) is 25.1 Å². The Morgan fingerprint density at radius 1 is 1.28 bits per heavy atom. The number of rotatable bonds is 5. The van der Waals surface area contributed by atoms with Crippen molar-refractivity contribution in [2.75, 3.05) is 6.61 Å². The van der Waals surface area contributed by atoms with Gasteiger partial charge in [0.1, 0.15) is 5.75 Å². The van der Waals surface area contributed by atoms with Gasteiger partial charge < -0.3 is 4.74 Å². The summed E-state index contributed by atoms with van der Waals surface area (Å²) in [4.78, 5) is 12.9. The van der Waals surface area contributed by atoms with Gasteiger partial charge in [-0.2, -0.15) is 0 Å². The van der Waals surface area contributed by atoms with Crippen molar-refractivity contribution in [2.24, 2.45) is 0 Å². The number of hydrogen-bond donors (Lipinski definition) is 0. The zero-order valence-corrected chi connectivity index (χ0v) is 11.6. The zero-order chi connectivity index (χ0) is 13.0. The summed E-state index contributed by atoms with van der Waals surface area (Å²) in [5.74, 6) is 0.590. The molecule has 1 aromatic carbocycles. The van der Waals surface area contributed by atoms with E-state index in [1.54, 1.807) is 18.2 Å². The van der Waals surface area contributed by atoms with E-state index in [0.717, 1.165) is 6.42 Å². The van der Waals surface area contributed by atoms with Crippen LogP contribution >= 0.6 is 22.9 Å². The van der Waals surface area contributed by atoms with Gasteiger partial charge in [0.25, 0.3) is 0 Å². The molecule has 0 aliphatic carbocycles. The van der Waals surface area contributed by atoms with Crippen molar-refractivity contribution in [3.63, 3.8) is 0 Å². The Bertz CT molecular complexity index is 548. The largest absolute Gasteiger partial charge is 0.493 e. The van der Waals surface area contributed by atoms with Gasteiger partial charge in [-0.3, -0.25) is 4.79 Å². The predicted molar refractivity (Wildman–Crippen MR) is 75.0 cm³/mol. The van der Waals surface area contributed by atoms with Crippen molar-refractivity contribution >= 4 is 28.7 Å². The van der Waals surface area contributed by atoms with E-state index in [1.165, 1.54) is 11.3 Å². The van der Waals surface area contributed by atoms with Crippen molar-refractivity contribution in [2.45, 2.75) is 13.3 Å². The van der Waals surface area contributed by atoms with E-state index in [9.17, 15) is 4.79 Å². The average Bonchev–Trinajstić information content (AvgIpc) is 2.82. The molecule has 4 heteroatoms. The molecule has 0 saturated carbocycles. The van der Waals surface area contributed by atoms with Crippen LogP contribution in [-0.4, -0.2) is 12.4 Å². The lowest BCUT2D eigenvalue weighted by Gasteiger charge is -2.08. The van der Waals surface area contributed by atoms with Gasteiger partial charge in [-0.05, 0) is 30.7 Å². The normalized spacial score (nSPS) is 10.3. The number of para-hydroxylation sites is 1. The molecule has 1 heterocycles. The summed E-state index contributed by atoms with van der Waals surface area (Å²) in [5, 5.41) is 0. The highest BCUT2D eigenvalue weighted by atomic mass is 35.5. The molecule has 0 aliphatic rings. The molecule has 0 N–H and O–H groups in total. The maximum atomic E-state index is 12.3. The molecule has 1 aromatic heterocycles. The summed E-state index contributed by atoms with van der Waals surface area (Å²) < 4.78 is 6.20. The molecule has 2 rings (SSSR count). The van der Waals surface area contributed by atoms with Crippen molar-refractivity contribution in [1.82, 2.24) is 0 Å². The average molecular weight is 281 g/mol. The SMILES string of the molecule is CCCOc1ccccc1C(=O)c1ccc(Cl)s1. The molecule has 2 nitrogen and oxygen atoms in total. The highest BCUT2D eigenvalue weighted by Gasteiger charge is 2.15. The Morgan fingerprint density at radius 2 is 2.06 bits per heavy atom. The minimum absolute atomic E-state index is 0.0430. The van der Waals surface area contributed by atoms with Crippen LogP contribution in [0.5, 0.6) is 5.75 Å². The van der Waals surface area contributed by atoms with E-state index >= 15 is 0 Å². The molecule has 94 valence electrons. The van der Waals surface area contributed by atoms with Crippen molar-refractivity contribution in [1.29, 1.82) is 0 Å². The number of hydrogen-bond acceptors (Lipinski definition) is 3. The first-order chi connectivity index (χ1) is 8.72. The lowest BCUT2D eigenvalue weighted by molar-refractivity contribution is 0.103. The fourth-order valence-electron chi connectivity index (χ4n) is 1.56. The predicted octanol–water partition coefficient (Wildman–Crippen LogP) is 4.42. The van der Waals surface area contributed by atoms with Crippen LogP contribution in [0.3, 0.4) is 0 Å². The second-order valence-corrected chi connectivity index (χ2v) is 5.49. The Balaban J connectivity index is 2.29. The molecule has 2 aromatic rings. The van der Waals surface area contributed by atoms with Crippen molar-refractivity contribution in [3.05, 3.63) is 51.2 Å². The van der Waals surface area contributed by atoms with E-state index in [2.05, 4.69) is 0 Å². The Hall–Kier alpha value is -1.32. The number of benzene rings is 1. The second-order valence-electron chi connectivity index (χ2n) is 3.78. The number of ether oxygens (including phenoxy) is 1. The van der Waals surface area contributed by atoms with Crippen LogP contribution in [0.25, 0.3) is 0 Å². The quantitative estimate of drug-likeness (QED) is 0.758. The number of ketones is 1. The lowest BCUT2D eigenvalue weighted by Crippen LogP contribution is -2.04. The summed E-state index contributed by atoms with van der Waals surface area (Å²) in [6.45, 7) is 2.64. The molecule has 0 fully saturated rings. The van der Waals surface area contributed by atoms with Crippen LogP contribution in [0, 0.1) is 0 Å². The fraction of sp³-hybridized carbons (Fsp3) is 0.214. The zero-order valence-electron chi connectivity index (χ0n) is 9.98. The molecule has 0 spiro atoms. The molecular weight excluding hydrogens is 268 g/mol. The van der Waals surface area contributed by atoms with Crippen LogP contribution in [0.15, 0.2) is 36.4 Å². The van der Waals surface area contributed by atoms with Crippen LogP contribution in [0.1, 0.15) is 28.6 Å². The van der Waals surface area contributed by atoms with E-state index < -0.39 is 0 Å². The van der Waals surface area contributed by atoms with Gasteiger partial charge in [-0.25, -0.2) is 0 Å². The molecule has 0 unspecified atom stereocenters. The first-order valence-electron chi connectivity index (χ1n) is 5.74. The fourth-order valence-corrected chi connectivity index (χ4v) is 2.56. The van der Waals surface area contributed by atoms with Crippen molar-refractivity contribution < 1.29 is 9.53 Å². The third kappa shape index (κ3) is 2.92. The summed E-state index contributed by atoms with van der Waals surface area (Å²) in [6, 6.07) is 10.8. The Kier molecular flexibility index (Phi) is 4.39. The molecule has 0 bridgehead atoms. The third-order valence-corrected chi connectivity index (χ3v) is 3.62. The summed E-state index contributed by atoms with van der Waals surface area (Å²) >= 11 is 7.13. The number of carbonyl (C=O) groups is 1. The molecule has 0 aliphatic heterocycles. The van der Waals surface area contributed by atoms with Crippen LogP contribution in [0.4, 0.5) is 0 Å². The molecule has 0 saturated heterocycles. The first kappa shape index (κ1) is 13.1. The molecule has 0 radical (unpaired) electrons. The van der Waals surface area contributed by atoms with E-state index in [4.69, 9.17) is 16.3 Å². The minimum Gasteiger partial charge on any atom is -0.493 e. The summed E-state index contributed by atoms with van der Waals surface area (Å²) in [5.41, 5.74) is 0.587. The molecular formula is C14H13ClO2S. The maximum absolute atomic E-state index is 12.3. The minimum atomic E-state index is -0.0430. The monoisotopic (exact) mass is 280 g/mol. The van der Waals surface area contributed by atoms with Gasteiger partial charge in [-0.15, -0.1) is 11.3 Å².